The summed E-state index contributed by atoms with van der Waals surface area (Å²) in [6.07, 6.45) is 0.222. The van der Waals surface area contributed by atoms with Gasteiger partial charge in [-0.1, -0.05) is 6.92 Å². The number of rotatable bonds is 2. The normalized spacial score (nSPS) is 9.62. The van der Waals surface area contributed by atoms with Crippen LogP contribution < -0.4 is 0 Å². The molecular formula is C8H18O4Si. The highest BCUT2D eigenvalue weighted by atomic mass is 28.4. The lowest BCUT2D eigenvalue weighted by molar-refractivity contribution is -0.136. The summed E-state index contributed by atoms with van der Waals surface area (Å²) in [5.74, 6) is -0.908. The maximum Gasteiger partial charge on any atom is 0.303 e. The van der Waals surface area contributed by atoms with Gasteiger partial charge >= 0.3 is 5.97 Å². The number of carbonyl (C=O) groups is 2. The average molecular weight is 206 g/mol. The highest BCUT2D eigenvalue weighted by Crippen LogP contribution is 2.01. The molecule has 4 nitrogen and oxygen atoms in total. The maximum atomic E-state index is 10.3. The van der Waals surface area contributed by atoms with Crippen LogP contribution in [0, 0.1) is 0 Å². The first-order chi connectivity index (χ1) is 5.69. The topological polar surface area (TPSA) is 63.6 Å². The SMILES string of the molecule is CC(=O)O[Si](C)(C)C.CCC(=O)O. The van der Waals surface area contributed by atoms with Crippen molar-refractivity contribution in [3.63, 3.8) is 0 Å². The molecule has 0 aliphatic heterocycles. The van der Waals surface area contributed by atoms with Crippen LogP contribution in [0.2, 0.25) is 19.6 Å². The lowest BCUT2D eigenvalue weighted by Crippen LogP contribution is -2.27. The van der Waals surface area contributed by atoms with Crippen molar-refractivity contribution in [1.29, 1.82) is 0 Å². The van der Waals surface area contributed by atoms with Crippen molar-refractivity contribution in [2.24, 2.45) is 0 Å². The van der Waals surface area contributed by atoms with E-state index in [4.69, 9.17) is 9.53 Å². The van der Waals surface area contributed by atoms with E-state index in [2.05, 4.69) is 0 Å². The Labute approximate surface area is 80.0 Å². The van der Waals surface area contributed by atoms with Gasteiger partial charge in [-0.05, 0) is 19.6 Å². The quantitative estimate of drug-likeness (QED) is 0.700. The van der Waals surface area contributed by atoms with E-state index in [9.17, 15) is 9.59 Å². The lowest BCUT2D eigenvalue weighted by atomic mass is 10.5. The molecule has 0 fully saturated rings. The first-order valence-corrected chi connectivity index (χ1v) is 7.51. The fourth-order valence-corrected chi connectivity index (χ4v) is 1.29. The predicted molar refractivity (Wildman–Crippen MR) is 53.0 cm³/mol. The van der Waals surface area contributed by atoms with Crippen LogP contribution >= 0.6 is 0 Å². The van der Waals surface area contributed by atoms with Gasteiger partial charge in [0.25, 0.3) is 5.97 Å². The highest BCUT2D eigenvalue weighted by Gasteiger charge is 2.16. The van der Waals surface area contributed by atoms with Gasteiger partial charge in [-0.2, -0.15) is 0 Å². The monoisotopic (exact) mass is 206 g/mol. The van der Waals surface area contributed by atoms with Gasteiger partial charge in [-0.25, -0.2) is 0 Å². The molecule has 13 heavy (non-hydrogen) atoms. The second-order valence-electron chi connectivity index (χ2n) is 3.45. The summed E-state index contributed by atoms with van der Waals surface area (Å²) >= 11 is 0. The molecule has 0 saturated carbocycles. The van der Waals surface area contributed by atoms with Gasteiger partial charge in [0.2, 0.25) is 8.32 Å². The van der Waals surface area contributed by atoms with Crippen molar-refractivity contribution >= 4 is 20.3 Å². The van der Waals surface area contributed by atoms with Gasteiger partial charge in [0.1, 0.15) is 0 Å². The van der Waals surface area contributed by atoms with Gasteiger partial charge in [0.15, 0.2) is 0 Å². The summed E-state index contributed by atoms with van der Waals surface area (Å²) in [6.45, 7) is 8.98. The zero-order valence-electron chi connectivity index (χ0n) is 8.88. The lowest BCUT2D eigenvalue weighted by Gasteiger charge is -2.14. The molecule has 0 aliphatic rings. The fourth-order valence-electron chi connectivity index (χ4n) is 0.431. The molecule has 0 spiro atoms. The molecule has 0 aliphatic carbocycles. The Morgan fingerprint density at radius 2 is 1.62 bits per heavy atom. The number of hydrogen-bond acceptors (Lipinski definition) is 3. The zero-order chi connectivity index (χ0) is 11.1. The molecule has 0 bridgehead atoms. The van der Waals surface area contributed by atoms with Crippen LogP contribution in [-0.4, -0.2) is 25.4 Å². The first-order valence-electron chi connectivity index (χ1n) is 4.10. The molecule has 0 amide bonds. The molecule has 0 rings (SSSR count). The number of hydrogen-bond donors (Lipinski definition) is 1. The van der Waals surface area contributed by atoms with Crippen LogP contribution in [0.15, 0.2) is 0 Å². The number of carboxylic acids is 1. The number of carboxylic acid groups (broad SMARTS) is 1. The Balaban J connectivity index is 0. The maximum absolute atomic E-state index is 10.3. The second-order valence-corrected chi connectivity index (χ2v) is 7.88. The highest BCUT2D eigenvalue weighted by molar-refractivity contribution is 6.71. The molecule has 5 heteroatoms. The Morgan fingerprint density at radius 1 is 1.31 bits per heavy atom. The van der Waals surface area contributed by atoms with Crippen molar-refractivity contribution in [1.82, 2.24) is 0 Å². The van der Waals surface area contributed by atoms with E-state index >= 15 is 0 Å². The standard InChI is InChI=1S/C5H12O2Si.C3H6O2/c1-5(6)7-8(2,3)4;1-2-3(4)5/h1-4H3;2H2,1H3,(H,4,5). The molecule has 1 N–H and O–H groups in total. The Hall–Kier alpha value is -0.843. The summed E-state index contributed by atoms with van der Waals surface area (Å²) in [7, 11) is -1.57. The minimum absolute atomic E-state index is 0.163. The Bertz CT molecular complexity index is 171. The van der Waals surface area contributed by atoms with Gasteiger partial charge in [-0.15, -0.1) is 0 Å². The molecule has 0 atom stereocenters. The third-order valence-corrected chi connectivity index (χ3v) is 1.65. The predicted octanol–water partition coefficient (Wildman–Crippen LogP) is 1.87. The van der Waals surface area contributed by atoms with E-state index < -0.39 is 14.3 Å². The van der Waals surface area contributed by atoms with E-state index in [1.165, 1.54) is 6.92 Å². The van der Waals surface area contributed by atoms with Crippen molar-refractivity contribution in [3.05, 3.63) is 0 Å². The fraction of sp³-hybridized carbons (Fsp3) is 0.750. The van der Waals surface area contributed by atoms with Crippen LogP contribution in [0.25, 0.3) is 0 Å². The average Bonchev–Trinajstić information content (AvgIpc) is 1.83. The van der Waals surface area contributed by atoms with Crippen molar-refractivity contribution in [2.75, 3.05) is 0 Å². The molecule has 0 unspecified atom stereocenters. The summed E-state index contributed by atoms with van der Waals surface area (Å²) in [6, 6.07) is 0. The molecule has 0 saturated heterocycles. The van der Waals surface area contributed by atoms with Crippen LogP contribution in [0.4, 0.5) is 0 Å². The number of aliphatic carboxylic acids is 1. The van der Waals surface area contributed by atoms with Crippen LogP contribution in [0.5, 0.6) is 0 Å². The molecular weight excluding hydrogens is 188 g/mol. The van der Waals surface area contributed by atoms with Crippen LogP contribution in [-0.2, 0) is 14.0 Å². The summed E-state index contributed by atoms with van der Waals surface area (Å²) in [5, 5.41) is 7.72. The smallest absolute Gasteiger partial charge is 0.303 e. The zero-order valence-corrected chi connectivity index (χ0v) is 9.88. The third-order valence-electron chi connectivity index (χ3n) is 0.752. The van der Waals surface area contributed by atoms with E-state index in [1.807, 2.05) is 19.6 Å². The third kappa shape index (κ3) is 24.7. The Kier molecular flexibility index (Phi) is 7.50. The van der Waals surface area contributed by atoms with Crippen molar-refractivity contribution in [3.8, 4) is 0 Å². The van der Waals surface area contributed by atoms with Crippen LogP contribution in [0.1, 0.15) is 20.3 Å². The van der Waals surface area contributed by atoms with Gasteiger partial charge < -0.3 is 9.53 Å². The number of carbonyl (C=O) groups excluding carboxylic acids is 1. The van der Waals surface area contributed by atoms with Crippen molar-refractivity contribution in [2.45, 2.75) is 39.9 Å². The minimum Gasteiger partial charge on any atom is -0.520 e. The van der Waals surface area contributed by atoms with Gasteiger partial charge in [-0.3, -0.25) is 9.59 Å². The summed E-state index contributed by atoms with van der Waals surface area (Å²) in [5.41, 5.74) is 0. The molecule has 0 aromatic rings. The first kappa shape index (κ1) is 14.7. The molecule has 0 aromatic heterocycles. The van der Waals surface area contributed by atoms with E-state index in [-0.39, 0.29) is 12.4 Å². The molecule has 78 valence electrons. The van der Waals surface area contributed by atoms with Gasteiger partial charge in [0.05, 0.1) is 0 Å². The van der Waals surface area contributed by atoms with Crippen LogP contribution in [0.3, 0.4) is 0 Å². The van der Waals surface area contributed by atoms with E-state index in [1.54, 1.807) is 6.92 Å². The van der Waals surface area contributed by atoms with E-state index in [0.717, 1.165) is 0 Å². The summed E-state index contributed by atoms with van der Waals surface area (Å²) < 4.78 is 4.94. The second kappa shape index (κ2) is 6.65. The van der Waals surface area contributed by atoms with E-state index in [0.29, 0.717) is 0 Å². The Morgan fingerprint density at radius 3 is 1.62 bits per heavy atom. The van der Waals surface area contributed by atoms with Gasteiger partial charge in [0, 0.05) is 13.3 Å². The molecule has 0 aromatic carbocycles. The largest absolute Gasteiger partial charge is 0.520 e. The summed E-state index contributed by atoms with van der Waals surface area (Å²) in [4.78, 5) is 19.6. The minimum atomic E-state index is -1.57. The molecule has 0 radical (unpaired) electrons. The van der Waals surface area contributed by atoms with Crippen molar-refractivity contribution < 1.29 is 19.1 Å². The molecule has 0 heterocycles.